The highest BCUT2D eigenvalue weighted by atomic mass is 32.1. The summed E-state index contributed by atoms with van der Waals surface area (Å²) in [4.78, 5) is 9.29. The van der Waals surface area contributed by atoms with Crippen molar-refractivity contribution in [3.05, 3.63) is 46.2 Å². The SMILES string of the molecule is Cc1nc2ccccc2n1Cc1csc(C(C)C)n1. The van der Waals surface area contributed by atoms with Gasteiger partial charge >= 0.3 is 0 Å². The minimum absolute atomic E-state index is 0.499. The van der Waals surface area contributed by atoms with Gasteiger partial charge in [-0.05, 0) is 19.1 Å². The Morgan fingerprint density at radius 2 is 2.00 bits per heavy atom. The smallest absolute Gasteiger partial charge is 0.107 e. The molecule has 0 saturated carbocycles. The van der Waals surface area contributed by atoms with Crippen LogP contribution in [0, 0.1) is 6.92 Å². The predicted octanol–water partition coefficient (Wildman–Crippen LogP) is 3.97. The summed E-state index contributed by atoms with van der Waals surface area (Å²) in [5, 5.41) is 3.36. The molecule has 0 unspecified atom stereocenters. The molecule has 0 bridgehead atoms. The quantitative estimate of drug-likeness (QED) is 0.721. The largest absolute Gasteiger partial charge is 0.322 e. The van der Waals surface area contributed by atoms with E-state index in [2.05, 4.69) is 53.9 Å². The highest BCUT2D eigenvalue weighted by molar-refractivity contribution is 7.09. The van der Waals surface area contributed by atoms with Crippen LogP contribution in [0.3, 0.4) is 0 Å². The molecule has 0 atom stereocenters. The normalized spacial score (nSPS) is 11.6. The van der Waals surface area contributed by atoms with E-state index in [1.165, 1.54) is 10.5 Å². The third-order valence-corrected chi connectivity index (χ3v) is 4.42. The molecule has 0 aliphatic heterocycles. The molecule has 3 rings (SSSR count). The second kappa shape index (κ2) is 4.78. The molecule has 0 radical (unpaired) electrons. The van der Waals surface area contributed by atoms with E-state index in [1.54, 1.807) is 11.3 Å². The first kappa shape index (κ1) is 12.4. The monoisotopic (exact) mass is 271 g/mol. The van der Waals surface area contributed by atoms with Crippen LogP contribution in [0.15, 0.2) is 29.6 Å². The van der Waals surface area contributed by atoms with Crippen molar-refractivity contribution in [3.63, 3.8) is 0 Å². The Balaban J connectivity index is 1.98. The molecule has 19 heavy (non-hydrogen) atoms. The van der Waals surface area contributed by atoms with E-state index in [4.69, 9.17) is 4.98 Å². The number of fused-ring (bicyclic) bond motifs is 1. The Morgan fingerprint density at radius 1 is 1.21 bits per heavy atom. The van der Waals surface area contributed by atoms with Crippen molar-refractivity contribution in [2.45, 2.75) is 33.2 Å². The van der Waals surface area contributed by atoms with Crippen LogP contribution in [0.5, 0.6) is 0 Å². The summed E-state index contributed by atoms with van der Waals surface area (Å²) < 4.78 is 2.23. The van der Waals surface area contributed by atoms with Crippen LogP contribution in [-0.4, -0.2) is 14.5 Å². The summed E-state index contributed by atoms with van der Waals surface area (Å²) in [5.74, 6) is 1.54. The number of hydrogen-bond acceptors (Lipinski definition) is 3. The molecule has 0 saturated heterocycles. The van der Waals surface area contributed by atoms with Gasteiger partial charge in [-0.15, -0.1) is 11.3 Å². The third-order valence-electron chi connectivity index (χ3n) is 3.23. The maximum absolute atomic E-state index is 4.70. The van der Waals surface area contributed by atoms with Crippen molar-refractivity contribution in [2.24, 2.45) is 0 Å². The molecular weight excluding hydrogens is 254 g/mol. The molecule has 3 nitrogen and oxygen atoms in total. The van der Waals surface area contributed by atoms with E-state index in [0.717, 1.165) is 23.6 Å². The van der Waals surface area contributed by atoms with Gasteiger partial charge in [0.1, 0.15) is 5.82 Å². The Morgan fingerprint density at radius 3 is 2.74 bits per heavy atom. The Hall–Kier alpha value is -1.68. The third kappa shape index (κ3) is 2.28. The zero-order chi connectivity index (χ0) is 13.4. The van der Waals surface area contributed by atoms with E-state index >= 15 is 0 Å². The maximum Gasteiger partial charge on any atom is 0.107 e. The Labute approximate surface area is 116 Å². The number of rotatable bonds is 3. The molecule has 2 aromatic heterocycles. The molecule has 0 amide bonds. The van der Waals surface area contributed by atoms with Crippen molar-refractivity contribution < 1.29 is 0 Å². The average Bonchev–Trinajstić information content (AvgIpc) is 2.96. The topological polar surface area (TPSA) is 30.7 Å². The molecule has 0 fully saturated rings. The van der Waals surface area contributed by atoms with Gasteiger partial charge in [0.15, 0.2) is 0 Å². The van der Waals surface area contributed by atoms with Gasteiger partial charge < -0.3 is 4.57 Å². The van der Waals surface area contributed by atoms with E-state index in [1.807, 2.05) is 6.07 Å². The van der Waals surface area contributed by atoms with Gasteiger partial charge in [0, 0.05) is 11.3 Å². The summed E-state index contributed by atoms with van der Waals surface area (Å²) in [6, 6.07) is 8.25. The summed E-state index contributed by atoms with van der Waals surface area (Å²) >= 11 is 1.75. The van der Waals surface area contributed by atoms with Gasteiger partial charge in [-0.25, -0.2) is 9.97 Å². The van der Waals surface area contributed by atoms with Gasteiger partial charge in [-0.2, -0.15) is 0 Å². The van der Waals surface area contributed by atoms with E-state index in [-0.39, 0.29) is 0 Å². The molecule has 2 heterocycles. The lowest BCUT2D eigenvalue weighted by atomic mass is 10.2. The van der Waals surface area contributed by atoms with Crippen LogP contribution in [-0.2, 0) is 6.54 Å². The van der Waals surface area contributed by atoms with Gasteiger partial charge in [-0.1, -0.05) is 26.0 Å². The lowest BCUT2D eigenvalue weighted by Crippen LogP contribution is -2.02. The molecule has 0 aliphatic carbocycles. The fraction of sp³-hybridized carbons (Fsp3) is 0.333. The second-order valence-corrected chi connectivity index (χ2v) is 5.96. The summed E-state index contributed by atoms with van der Waals surface area (Å²) in [5.41, 5.74) is 3.36. The van der Waals surface area contributed by atoms with Crippen LogP contribution in [0.2, 0.25) is 0 Å². The number of imidazole rings is 1. The number of aryl methyl sites for hydroxylation is 1. The van der Waals surface area contributed by atoms with Crippen molar-refractivity contribution in [2.75, 3.05) is 0 Å². The summed E-state index contributed by atoms with van der Waals surface area (Å²) in [6.45, 7) is 7.21. The van der Waals surface area contributed by atoms with Crippen LogP contribution < -0.4 is 0 Å². The zero-order valence-corrected chi connectivity index (χ0v) is 12.2. The first-order valence-corrected chi connectivity index (χ1v) is 7.39. The highest BCUT2D eigenvalue weighted by Gasteiger charge is 2.10. The minimum Gasteiger partial charge on any atom is -0.322 e. The lowest BCUT2D eigenvalue weighted by molar-refractivity contribution is 0.756. The zero-order valence-electron chi connectivity index (χ0n) is 11.4. The molecule has 4 heteroatoms. The molecule has 3 aromatic rings. The Bertz CT molecular complexity index is 709. The second-order valence-electron chi connectivity index (χ2n) is 5.07. The first-order chi connectivity index (χ1) is 9.15. The Kier molecular flexibility index (Phi) is 3.11. The molecule has 0 spiro atoms. The molecule has 0 N–H and O–H groups in total. The van der Waals surface area contributed by atoms with Gasteiger partial charge in [-0.3, -0.25) is 0 Å². The maximum atomic E-state index is 4.70. The summed E-state index contributed by atoms with van der Waals surface area (Å²) in [6.07, 6.45) is 0. The fourth-order valence-corrected chi connectivity index (χ4v) is 3.04. The van der Waals surface area contributed by atoms with Crippen molar-refractivity contribution in [1.29, 1.82) is 0 Å². The average molecular weight is 271 g/mol. The van der Waals surface area contributed by atoms with E-state index in [0.29, 0.717) is 5.92 Å². The van der Waals surface area contributed by atoms with Gasteiger partial charge in [0.2, 0.25) is 0 Å². The number of hydrogen-bond donors (Lipinski definition) is 0. The molecule has 1 aromatic carbocycles. The number of aromatic nitrogens is 3. The summed E-state index contributed by atoms with van der Waals surface area (Å²) in [7, 11) is 0. The van der Waals surface area contributed by atoms with Gasteiger partial charge in [0.25, 0.3) is 0 Å². The minimum atomic E-state index is 0.499. The predicted molar refractivity (Wildman–Crippen MR) is 79.8 cm³/mol. The lowest BCUT2D eigenvalue weighted by Gasteiger charge is -2.04. The van der Waals surface area contributed by atoms with Crippen molar-refractivity contribution >= 4 is 22.4 Å². The molecule has 0 aliphatic rings. The van der Waals surface area contributed by atoms with Crippen LogP contribution >= 0.6 is 11.3 Å². The van der Waals surface area contributed by atoms with Crippen LogP contribution in [0.4, 0.5) is 0 Å². The molecular formula is C15H17N3S. The van der Waals surface area contributed by atoms with Crippen molar-refractivity contribution in [3.8, 4) is 0 Å². The van der Waals surface area contributed by atoms with Gasteiger partial charge in [0.05, 0.1) is 28.3 Å². The van der Waals surface area contributed by atoms with Crippen molar-refractivity contribution in [1.82, 2.24) is 14.5 Å². The number of thiazole rings is 1. The van der Waals surface area contributed by atoms with Crippen LogP contribution in [0.25, 0.3) is 11.0 Å². The van der Waals surface area contributed by atoms with E-state index in [9.17, 15) is 0 Å². The standard InChI is InChI=1S/C15H17N3S/c1-10(2)15-17-12(9-19-15)8-18-11(3)16-13-6-4-5-7-14(13)18/h4-7,9-10H,8H2,1-3H3. The number of benzene rings is 1. The number of nitrogens with zero attached hydrogens (tertiary/aromatic N) is 3. The van der Waals surface area contributed by atoms with E-state index < -0.39 is 0 Å². The molecule has 98 valence electrons. The van der Waals surface area contributed by atoms with Crippen LogP contribution in [0.1, 0.15) is 36.3 Å². The number of para-hydroxylation sites is 2. The highest BCUT2D eigenvalue weighted by Crippen LogP contribution is 2.22. The fourth-order valence-electron chi connectivity index (χ4n) is 2.22. The first-order valence-electron chi connectivity index (χ1n) is 6.51.